The summed E-state index contributed by atoms with van der Waals surface area (Å²) in [5.74, 6) is 0.758. The lowest BCUT2D eigenvalue weighted by molar-refractivity contribution is -0.115. The van der Waals surface area contributed by atoms with Gasteiger partial charge in [-0.25, -0.2) is 0 Å². The summed E-state index contributed by atoms with van der Waals surface area (Å²) in [6, 6.07) is 15.2. The van der Waals surface area contributed by atoms with Gasteiger partial charge in [-0.1, -0.05) is 59.8 Å². The third kappa shape index (κ3) is 5.32. The topological polar surface area (TPSA) is 76.9 Å². The summed E-state index contributed by atoms with van der Waals surface area (Å²) in [6.45, 7) is 6.53. The van der Waals surface area contributed by atoms with Crippen LogP contribution in [0.25, 0.3) is 0 Å². The average molecular weight is 409 g/mol. The van der Waals surface area contributed by atoms with E-state index >= 15 is 0 Å². The van der Waals surface area contributed by atoms with Crippen LogP contribution in [0.5, 0.6) is 0 Å². The van der Waals surface area contributed by atoms with Gasteiger partial charge < -0.3 is 9.88 Å². The van der Waals surface area contributed by atoms with E-state index in [1.54, 1.807) is 0 Å². The van der Waals surface area contributed by atoms with Crippen molar-refractivity contribution >= 4 is 29.1 Å². The molecule has 3 rings (SSSR count). The number of aromatic nitrogens is 3. The van der Waals surface area contributed by atoms with Crippen LogP contribution < -0.4 is 5.32 Å². The number of hydrogen-bond donors (Lipinski definition) is 1. The van der Waals surface area contributed by atoms with Gasteiger partial charge in [0.15, 0.2) is 10.9 Å². The van der Waals surface area contributed by atoms with E-state index in [0.717, 1.165) is 16.8 Å². The summed E-state index contributed by atoms with van der Waals surface area (Å²) < 4.78 is 1.88. The van der Waals surface area contributed by atoms with E-state index in [1.807, 2.05) is 73.9 Å². The predicted molar refractivity (Wildman–Crippen MR) is 115 cm³/mol. The van der Waals surface area contributed by atoms with Crippen LogP contribution in [0.4, 0.5) is 5.69 Å². The van der Waals surface area contributed by atoms with Crippen molar-refractivity contribution in [2.45, 2.75) is 38.9 Å². The van der Waals surface area contributed by atoms with E-state index in [-0.39, 0.29) is 23.9 Å². The van der Waals surface area contributed by atoms with Crippen molar-refractivity contribution in [2.24, 2.45) is 0 Å². The molecule has 0 fully saturated rings. The van der Waals surface area contributed by atoms with E-state index < -0.39 is 0 Å². The highest BCUT2D eigenvalue weighted by Gasteiger charge is 2.17. The molecule has 1 aromatic heterocycles. The highest BCUT2D eigenvalue weighted by atomic mass is 32.2. The first-order chi connectivity index (χ1) is 14.0. The van der Waals surface area contributed by atoms with Crippen LogP contribution >= 0.6 is 11.8 Å². The summed E-state index contributed by atoms with van der Waals surface area (Å²) in [4.78, 5) is 24.8. The predicted octanol–water partition coefficient (Wildman–Crippen LogP) is 4.07. The van der Waals surface area contributed by atoms with Gasteiger partial charge in [-0.15, -0.1) is 10.2 Å². The number of carbonyl (C=O) groups excluding carboxylic acids is 2. The Balaban J connectivity index is 1.63. The molecular weight excluding hydrogens is 384 g/mol. The fraction of sp³-hybridized carbons (Fsp3) is 0.273. The van der Waals surface area contributed by atoms with Crippen molar-refractivity contribution in [3.05, 3.63) is 71.0 Å². The molecule has 0 aliphatic rings. The lowest BCUT2D eigenvalue weighted by Crippen LogP contribution is -2.18. The molecule has 2 aromatic carbocycles. The molecule has 0 aliphatic carbocycles. The molecule has 6 nitrogen and oxygen atoms in total. The molecule has 1 amide bonds. The molecule has 1 N–H and O–H groups in total. The number of benzene rings is 2. The first-order valence-electron chi connectivity index (χ1n) is 9.48. The lowest BCUT2D eigenvalue weighted by atomic mass is 10.1. The van der Waals surface area contributed by atoms with Crippen molar-refractivity contribution in [3.63, 3.8) is 0 Å². The number of aryl methyl sites for hydroxylation is 2. The highest BCUT2D eigenvalue weighted by molar-refractivity contribution is 7.99. The largest absolute Gasteiger partial charge is 0.325 e. The van der Waals surface area contributed by atoms with Crippen molar-refractivity contribution < 1.29 is 9.59 Å². The molecule has 0 aliphatic heterocycles. The van der Waals surface area contributed by atoms with Crippen LogP contribution in [0.15, 0.2) is 53.7 Å². The monoisotopic (exact) mass is 408 g/mol. The maximum absolute atomic E-state index is 12.4. The molecule has 0 bridgehead atoms. The number of rotatable bonds is 8. The maximum atomic E-state index is 12.4. The van der Waals surface area contributed by atoms with Crippen LogP contribution in [0.3, 0.4) is 0 Å². The maximum Gasteiger partial charge on any atom is 0.232 e. The second-order valence-electron chi connectivity index (χ2n) is 6.76. The molecule has 0 spiro atoms. The van der Waals surface area contributed by atoms with Gasteiger partial charge in [-0.05, 0) is 32.4 Å². The first kappa shape index (κ1) is 20.8. The molecule has 1 heterocycles. The number of nitrogens with one attached hydrogen (secondary N) is 1. The van der Waals surface area contributed by atoms with Crippen LogP contribution in [0.2, 0.25) is 0 Å². The summed E-state index contributed by atoms with van der Waals surface area (Å²) in [5, 5.41) is 11.9. The zero-order chi connectivity index (χ0) is 20.8. The summed E-state index contributed by atoms with van der Waals surface area (Å²) in [7, 11) is 0. The van der Waals surface area contributed by atoms with Crippen LogP contribution in [-0.4, -0.2) is 32.2 Å². The summed E-state index contributed by atoms with van der Waals surface area (Å²) in [5.41, 5.74) is 3.60. The summed E-state index contributed by atoms with van der Waals surface area (Å²) >= 11 is 1.34. The zero-order valence-electron chi connectivity index (χ0n) is 16.8. The number of nitrogens with zero attached hydrogens (tertiary/aromatic N) is 3. The Morgan fingerprint density at radius 3 is 2.45 bits per heavy atom. The van der Waals surface area contributed by atoms with Gasteiger partial charge in [0.25, 0.3) is 0 Å². The number of thioether (sulfide) groups is 1. The third-order valence-corrected chi connectivity index (χ3v) is 5.52. The minimum absolute atomic E-state index is 0.0412. The fourth-order valence-electron chi connectivity index (χ4n) is 2.88. The van der Waals surface area contributed by atoms with Gasteiger partial charge in [0.2, 0.25) is 5.91 Å². The van der Waals surface area contributed by atoms with Crippen LogP contribution in [-0.2, 0) is 17.8 Å². The molecule has 7 heteroatoms. The number of para-hydroxylation sites is 1. The molecule has 0 atom stereocenters. The lowest BCUT2D eigenvalue weighted by Gasteiger charge is -2.09. The number of hydrogen-bond acceptors (Lipinski definition) is 5. The van der Waals surface area contributed by atoms with Gasteiger partial charge in [0.1, 0.15) is 5.82 Å². The summed E-state index contributed by atoms with van der Waals surface area (Å²) in [6.07, 6.45) is 0.127. The van der Waals surface area contributed by atoms with Crippen LogP contribution in [0, 0.1) is 13.8 Å². The van der Waals surface area contributed by atoms with Gasteiger partial charge in [0.05, 0.1) is 12.2 Å². The number of ketones is 1. The standard InChI is InChI=1S/C22H24N4O2S/c1-4-26-20(13-21(28)23-18-8-6-5-7-16(18)3)24-25-22(26)29-14-19(27)17-11-9-15(2)10-12-17/h5-12H,4,13-14H2,1-3H3,(H,23,28). The van der Waals surface area contributed by atoms with Gasteiger partial charge in [0, 0.05) is 17.8 Å². The zero-order valence-corrected chi connectivity index (χ0v) is 17.6. The number of anilines is 1. The second-order valence-corrected chi connectivity index (χ2v) is 7.70. The normalized spacial score (nSPS) is 10.7. The molecule has 0 radical (unpaired) electrons. The van der Waals surface area contributed by atoms with Crippen molar-refractivity contribution in [1.29, 1.82) is 0 Å². The number of carbonyl (C=O) groups is 2. The first-order valence-corrected chi connectivity index (χ1v) is 10.5. The molecular formula is C22H24N4O2S. The SMILES string of the molecule is CCn1c(CC(=O)Nc2ccccc2C)nnc1SCC(=O)c1ccc(C)cc1. The van der Waals surface area contributed by atoms with Crippen molar-refractivity contribution in [2.75, 3.05) is 11.1 Å². The van der Waals surface area contributed by atoms with Gasteiger partial charge in [-0.2, -0.15) is 0 Å². The second kappa shape index (κ2) is 9.52. The molecule has 0 saturated heterocycles. The van der Waals surface area contributed by atoms with Gasteiger partial charge >= 0.3 is 0 Å². The smallest absolute Gasteiger partial charge is 0.232 e. The Morgan fingerprint density at radius 1 is 1.03 bits per heavy atom. The Kier molecular flexibility index (Phi) is 6.82. The van der Waals surface area contributed by atoms with E-state index in [0.29, 0.717) is 23.1 Å². The molecule has 29 heavy (non-hydrogen) atoms. The van der Waals surface area contributed by atoms with Gasteiger partial charge in [-0.3, -0.25) is 9.59 Å². The van der Waals surface area contributed by atoms with Crippen molar-refractivity contribution in [1.82, 2.24) is 14.8 Å². The quantitative estimate of drug-likeness (QED) is 0.449. The van der Waals surface area contributed by atoms with E-state index in [1.165, 1.54) is 11.8 Å². The van der Waals surface area contributed by atoms with E-state index in [9.17, 15) is 9.59 Å². The van der Waals surface area contributed by atoms with Crippen molar-refractivity contribution in [3.8, 4) is 0 Å². The minimum Gasteiger partial charge on any atom is -0.325 e. The highest BCUT2D eigenvalue weighted by Crippen LogP contribution is 2.20. The molecule has 0 unspecified atom stereocenters. The Morgan fingerprint density at radius 2 is 1.76 bits per heavy atom. The Labute approximate surface area is 174 Å². The third-order valence-electron chi connectivity index (χ3n) is 4.55. The number of amides is 1. The van der Waals surface area contributed by atoms with E-state index in [2.05, 4.69) is 15.5 Å². The molecule has 0 saturated carbocycles. The average Bonchev–Trinajstić information content (AvgIpc) is 3.09. The molecule has 3 aromatic rings. The molecule has 150 valence electrons. The number of Topliss-reactive ketones (excluding diaryl/α,β-unsaturated/α-hetero) is 1. The fourth-order valence-corrected chi connectivity index (χ4v) is 3.79. The van der Waals surface area contributed by atoms with E-state index in [4.69, 9.17) is 0 Å². The Hall–Kier alpha value is -2.93. The Bertz CT molecular complexity index is 1010. The minimum atomic E-state index is -0.145. The van der Waals surface area contributed by atoms with Crippen LogP contribution in [0.1, 0.15) is 34.2 Å².